The summed E-state index contributed by atoms with van der Waals surface area (Å²) in [4.78, 5) is 0. The second-order valence-electron chi connectivity index (χ2n) is 6.88. The molecule has 0 fully saturated rings. The number of hydrogen-bond acceptors (Lipinski definition) is 3. The quantitative estimate of drug-likeness (QED) is 0.386. The highest BCUT2D eigenvalue weighted by Gasteiger charge is 2.15. The van der Waals surface area contributed by atoms with Gasteiger partial charge in [-0.2, -0.15) is 0 Å². The molecule has 1 atom stereocenters. The molecular formula is C25H30O3. The van der Waals surface area contributed by atoms with Gasteiger partial charge in [0, 0.05) is 0 Å². The predicted octanol–water partition coefficient (Wildman–Crippen LogP) is 5.35. The van der Waals surface area contributed by atoms with E-state index >= 15 is 0 Å². The van der Waals surface area contributed by atoms with Gasteiger partial charge in [0.1, 0.15) is 5.75 Å². The summed E-state index contributed by atoms with van der Waals surface area (Å²) in [5, 5.41) is 29.8. The largest absolute Gasteiger partial charge is 0.508 e. The highest BCUT2D eigenvalue weighted by molar-refractivity contribution is 5.81. The standard InChI is InChI=1S/C25H30O3/c1-3-8-19(2)24(15-16-26)25(28)14-13-22(21-10-5-4-6-11-21)17-20-9-7-12-23(27)18-20/h4-7,9-12,15,17-18,25-28H,2-3,8,13-14,16H2,1H3/b22-17-,24-15-. The van der Waals surface area contributed by atoms with Gasteiger partial charge in [-0.3, -0.25) is 0 Å². The highest BCUT2D eigenvalue weighted by Crippen LogP contribution is 2.28. The Hall–Kier alpha value is -2.62. The fourth-order valence-electron chi connectivity index (χ4n) is 3.28. The summed E-state index contributed by atoms with van der Waals surface area (Å²) < 4.78 is 0. The zero-order valence-corrected chi connectivity index (χ0v) is 16.5. The molecular weight excluding hydrogens is 348 g/mol. The van der Waals surface area contributed by atoms with Crippen LogP contribution in [-0.4, -0.2) is 28.0 Å². The van der Waals surface area contributed by atoms with Crippen LogP contribution in [0.25, 0.3) is 11.6 Å². The van der Waals surface area contributed by atoms with Crippen molar-refractivity contribution in [2.75, 3.05) is 6.61 Å². The van der Waals surface area contributed by atoms with Crippen molar-refractivity contribution in [1.29, 1.82) is 0 Å². The van der Waals surface area contributed by atoms with Crippen molar-refractivity contribution in [3.8, 4) is 5.75 Å². The molecule has 0 radical (unpaired) electrons. The Balaban J connectivity index is 2.23. The first-order chi connectivity index (χ1) is 13.5. The normalized spacial score (nSPS) is 13.4. The van der Waals surface area contributed by atoms with Crippen molar-refractivity contribution in [2.45, 2.75) is 38.7 Å². The topological polar surface area (TPSA) is 60.7 Å². The molecule has 28 heavy (non-hydrogen) atoms. The Morgan fingerprint density at radius 3 is 2.46 bits per heavy atom. The third-order valence-corrected chi connectivity index (χ3v) is 4.67. The van der Waals surface area contributed by atoms with Crippen LogP contribution >= 0.6 is 0 Å². The van der Waals surface area contributed by atoms with Crippen LogP contribution in [0.5, 0.6) is 5.75 Å². The number of rotatable bonds is 10. The molecule has 3 heteroatoms. The van der Waals surface area contributed by atoms with Crippen LogP contribution in [-0.2, 0) is 0 Å². The maximum absolute atomic E-state index is 10.7. The molecule has 0 saturated heterocycles. The van der Waals surface area contributed by atoms with Crippen molar-refractivity contribution in [1.82, 2.24) is 0 Å². The minimum Gasteiger partial charge on any atom is -0.508 e. The number of benzene rings is 2. The lowest BCUT2D eigenvalue weighted by molar-refractivity contribution is 0.202. The van der Waals surface area contributed by atoms with E-state index in [9.17, 15) is 15.3 Å². The summed E-state index contributed by atoms with van der Waals surface area (Å²) in [5.41, 5.74) is 4.68. The number of allylic oxidation sites excluding steroid dienone is 1. The molecule has 3 nitrogen and oxygen atoms in total. The van der Waals surface area contributed by atoms with Gasteiger partial charge in [-0.25, -0.2) is 0 Å². The molecule has 1 unspecified atom stereocenters. The van der Waals surface area contributed by atoms with E-state index in [4.69, 9.17) is 0 Å². The first-order valence-corrected chi connectivity index (χ1v) is 9.77. The number of hydrogen-bond donors (Lipinski definition) is 3. The van der Waals surface area contributed by atoms with E-state index in [1.165, 1.54) is 0 Å². The van der Waals surface area contributed by atoms with Gasteiger partial charge in [0.2, 0.25) is 0 Å². The fraction of sp³-hybridized carbons (Fsp3) is 0.280. The second-order valence-corrected chi connectivity index (χ2v) is 6.88. The molecule has 0 saturated carbocycles. The van der Waals surface area contributed by atoms with Crippen molar-refractivity contribution < 1.29 is 15.3 Å². The van der Waals surface area contributed by atoms with Crippen LogP contribution in [0.2, 0.25) is 0 Å². The van der Waals surface area contributed by atoms with Crippen LogP contribution in [0.3, 0.4) is 0 Å². The second kappa shape index (κ2) is 11.3. The van der Waals surface area contributed by atoms with Crippen LogP contribution < -0.4 is 0 Å². The first kappa shape index (κ1) is 21.7. The maximum Gasteiger partial charge on any atom is 0.116 e. The Kier molecular flexibility index (Phi) is 8.73. The average Bonchev–Trinajstić information content (AvgIpc) is 2.70. The van der Waals surface area contributed by atoms with Crippen LogP contribution in [0.15, 0.2) is 78.4 Å². The summed E-state index contributed by atoms with van der Waals surface area (Å²) in [5.74, 6) is 0.227. The lowest BCUT2D eigenvalue weighted by atomic mass is 9.91. The number of aliphatic hydroxyl groups excluding tert-OH is 2. The van der Waals surface area contributed by atoms with Gasteiger partial charge in [-0.15, -0.1) is 0 Å². The third kappa shape index (κ3) is 6.52. The van der Waals surface area contributed by atoms with E-state index < -0.39 is 6.10 Å². The molecule has 0 spiro atoms. The van der Waals surface area contributed by atoms with E-state index in [-0.39, 0.29) is 12.4 Å². The van der Waals surface area contributed by atoms with Crippen LogP contribution in [0.1, 0.15) is 43.7 Å². The molecule has 2 aromatic carbocycles. The molecule has 0 aliphatic rings. The van der Waals surface area contributed by atoms with Gasteiger partial charge in [0.15, 0.2) is 0 Å². The highest BCUT2D eigenvalue weighted by atomic mass is 16.3. The molecule has 2 aromatic rings. The summed E-state index contributed by atoms with van der Waals surface area (Å²) in [6.45, 7) is 6.02. The maximum atomic E-state index is 10.7. The van der Waals surface area contributed by atoms with Gasteiger partial charge in [0.05, 0.1) is 12.7 Å². The molecule has 0 aliphatic heterocycles. The van der Waals surface area contributed by atoms with Gasteiger partial charge < -0.3 is 15.3 Å². The summed E-state index contributed by atoms with van der Waals surface area (Å²) in [6, 6.07) is 17.2. The van der Waals surface area contributed by atoms with Gasteiger partial charge in [-0.1, -0.05) is 74.5 Å². The monoisotopic (exact) mass is 378 g/mol. The molecule has 0 heterocycles. The minimum absolute atomic E-state index is 0.111. The van der Waals surface area contributed by atoms with Crippen LogP contribution in [0.4, 0.5) is 0 Å². The summed E-state index contributed by atoms with van der Waals surface area (Å²) in [6.07, 6.45) is 5.94. The number of aromatic hydroxyl groups is 1. The lowest BCUT2D eigenvalue weighted by Gasteiger charge is -2.18. The zero-order valence-electron chi connectivity index (χ0n) is 16.5. The number of aliphatic hydroxyl groups is 2. The van der Waals surface area contributed by atoms with Crippen LogP contribution in [0, 0.1) is 0 Å². The molecule has 0 bridgehead atoms. The fourth-order valence-corrected chi connectivity index (χ4v) is 3.28. The van der Waals surface area contributed by atoms with Gasteiger partial charge in [0.25, 0.3) is 0 Å². The van der Waals surface area contributed by atoms with Crippen molar-refractivity contribution in [3.05, 3.63) is 89.5 Å². The predicted molar refractivity (Wildman–Crippen MR) is 117 cm³/mol. The molecule has 0 amide bonds. The minimum atomic E-state index is -0.678. The smallest absolute Gasteiger partial charge is 0.116 e. The van der Waals surface area contributed by atoms with E-state index in [1.807, 2.05) is 48.5 Å². The van der Waals surface area contributed by atoms with Crippen molar-refractivity contribution in [2.24, 2.45) is 0 Å². The first-order valence-electron chi connectivity index (χ1n) is 9.77. The Morgan fingerprint density at radius 1 is 1.07 bits per heavy atom. The average molecular weight is 379 g/mol. The van der Waals surface area contributed by atoms with E-state index in [1.54, 1.807) is 18.2 Å². The third-order valence-electron chi connectivity index (χ3n) is 4.67. The SMILES string of the molecule is C=C(CCC)/C(=C/CO)C(O)CC/C(=C/c1cccc(O)c1)c1ccccc1. The van der Waals surface area contributed by atoms with E-state index in [0.717, 1.165) is 40.7 Å². The van der Waals surface area contributed by atoms with E-state index in [0.29, 0.717) is 12.8 Å². The molecule has 148 valence electrons. The van der Waals surface area contributed by atoms with E-state index in [2.05, 4.69) is 13.5 Å². The Bertz CT molecular complexity index is 819. The molecule has 0 aromatic heterocycles. The summed E-state index contributed by atoms with van der Waals surface area (Å²) in [7, 11) is 0. The lowest BCUT2D eigenvalue weighted by Crippen LogP contribution is -2.13. The van der Waals surface area contributed by atoms with Gasteiger partial charge >= 0.3 is 0 Å². The molecule has 3 N–H and O–H groups in total. The Morgan fingerprint density at radius 2 is 1.82 bits per heavy atom. The Labute approximate surface area is 168 Å². The van der Waals surface area contributed by atoms with Crippen molar-refractivity contribution in [3.63, 3.8) is 0 Å². The van der Waals surface area contributed by atoms with Gasteiger partial charge in [-0.05, 0) is 59.2 Å². The molecule has 0 aliphatic carbocycles. The number of phenols is 1. The van der Waals surface area contributed by atoms with Crippen molar-refractivity contribution >= 4 is 11.6 Å². The zero-order chi connectivity index (χ0) is 20.4. The summed E-state index contributed by atoms with van der Waals surface area (Å²) >= 11 is 0. The molecule has 2 rings (SSSR count). The number of phenolic OH excluding ortho intramolecular Hbond substituents is 1.